The first-order chi connectivity index (χ1) is 7.58. The highest BCUT2D eigenvalue weighted by atomic mass is 16.5. The summed E-state index contributed by atoms with van der Waals surface area (Å²) in [6.07, 6.45) is 1.34. The van der Waals surface area contributed by atoms with E-state index in [4.69, 9.17) is 15.1 Å². The van der Waals surface area contributed by atoms with Gasteiger partial charge in [0.1, 0.15) is 17.4 Å². The minimum atomic E-state index is -1.22. The van der Waals surface area contributed by atoms with Gasteiger partial charge in [0.15, 0.2) is 0 Å². The van der Waals surface area contributed by atoms with E-state index < -0.39 is 5.97 Å². The molecule has 4 nitrogen and oxygen atoms in total. The monoisotopic (exact) mass is 217 g/mol. The van der Waals surface area contributed by atoms with Crippen molar-refractivity contribution in [3.8, 4) is 11.8 Å². The number of methoxy groups -OCH3 is 1. The number of aliphatic carboxylic acids is 1. The van der Waals surface area contributed by atoms with Gasteiger partial charge in [-0.25, -0.2) is 4.79 Å². The number of carbonyl (C=O) groups is 1. The molecule has 0 atom stereocenters. The van der Waals surface area contributed by atoms with Gasteiger partial charge in [-0.05, 0) is 36.3 Å². The molecule has 0 unspecified atom stereocenters. The first-order valence-electron chi connectivity index (χ1n) is 4.58. The van der Waals surface area contributed by atoms with Crippen molar-refractivity contribution in [2.24, 2.45) is 0 Å². The first-order valence-corrected chi connectivity index (χ1v) is 4.58. The Bertz CT molecular complexity index is 484. The number of benzene rings is 1. The smallest absolute Gasteiger partial charge is 0.346 e. The number of hydrogen-bond donors (Lipinski definition) is 1. The predicted molar refractivity (Wildman–Crippen MR) is 59.0 cm³/mol. The van der Waals surface area contributed by atoms with Crippen molar-refractivity contribution in [3.63, 3.8) is 0 Å². The zero-order valence-corrected chi connectivity index (χ0v) is 9.02. The number of hydrogen-bond acceptors (Lipinski definition) is 3. The van der Waals surface area contributed by atoms with Crippen LogP contribution in [0.25, 0.3) is 6.08 Å². The standard InChI is InChI=1S/C12H11NO3/c1-8-5-11(16-2)4-3-9(8)6-10(7-13)12(14)15/h3-6H,1-2H3,(H,14,15)/b10-6+. The van der Waals surface area contributed by atoms with Crippen LogP contribution in [0.3, 0.4) is 0 Å². The number of rotatable bonds is 3. The van der Waals surface area contributed by atoms with Gasteiger partial charge >= 0.3 is 5.97 Å². The van der Waals surface area contributed by atoms with E-state index in [0.717, 1.165) is 5.56 Å². The van der Waals surface area contributed by atoms with Gasteiger partial charge in [0.25, 0.3) is 0 Å². The normalized spacial score (nSPS) is 10.7. The molecule has 1 aromatic rings. The van der Waals surface area contributed by atoms with Crippen LogP contribution in [0.4, 0.5) is 0 Å². The van der Waals surface area contributed by atoms with Gasteiger partial charge in [-0.3, -0.25) is 0 Å². The zero-order chi connectivity index (χ0) is 12.1. The van der Waals surface area contributed by atoms with Crippen LogP contribution in [0.2, 0.25) is 0 Å². The molecule has 0 saturated heterocycles. The topological polar surface area (TPSA) is 70.3 Å². The highest BCUT2D eigenvalue weighted by Gasteiger charge is 2.07. The summed E-state index contributed by atoms with van der Waals surface area (Å²) in [7, 11) is 1.56. The SMILES string of the molecule is COc1ccc(/C=C(\C#N)C(=O)O)c(C)c1. The van der Waals surface area contributed by atoms with Crippen molar-refractivity contribution in [1.29, 1.82) is 5.26 Å². The maximum Gasteiger partial charge on any atom is 0.346 e. The van der Waals surface area contributed by atoms with E-state index in [-0.39, 0.29) is 5.57 Å². The number of carboxylic acid groups (broad SMARTS) is 1. The number of aryl methyl sites for hydroxylation is 1. The van der Waals surface area contributed by atoms with Crippen LogP contribution in [0, 0.1) is 18.3 Å². The van der Waals surface area contributed by atoms with Crippen molar-refractivity contribution < 1.29 is 14.6 Å². The molecular weight excluding hydrogens is 206 g/mol. The Kier molecular flexibility index (Phi) is 3.67. The van der Waals surface area contributed by atoms with E-state index in [1.807, 2.05) is 6.92 Å². The summed E-state index contributed by atoms with van der Waals surface area (Å²) in [5.74, 6) is -0.527. The first kappa shape index (κ1) is 11.8. The zero-order valence-electron chi connectivity index (χ0n) is 9.02. The summed E-state index contributed by atoms with van der Waals surface area (Å²) in [5, 5.41) is 17.3. The average molecular weight is 217 g/mol. The highest BCUT2D eigenvalue weighted by Crippen LogP contribution is 2.19. The molecule has 0 aliphatic carbocycles. The molecule has 0 heterocycles. The highest BCUT2D eigenvalue weighted by molar-refractivity contribution is 5.96. The maximum atomic E-state index is 10.7. The molecule has 0 radical (unpaired) electrons. The fourth-order valence-electron chi connectivity index (χ4n) is 1.23. The summed E-state index contributed by atoms with van der Waals surface area (Å²) in [4.78, 5) is 10.7. The Hall–Kier alpha value is -2.28. The van der Waals surface area contributed by atoms with E-state index in [9.17, 15) is 4.79 Å². The molecule has 0 spiro atoms. The number of ether oxygens (including phenoxy) is 1. The molecule has 1 N–H and O–H groups in total. The maximum absolute atomic E-state index is 10.7. The van der Waals surface area contributed by atoms with Crippen LogP contribution >= 0.6 is 0 Å². The largest absolute Gasteiger partial charge is 0.497 e. The van der Waals surface area contributed by atoms with E-state index in [1.165, 1.54) is 6.08 Å². The molecule has 0 aliphatic rings. The van der Waals surface area contributed by atoms with E-state index in [2.05, 4.69) is 0 Å². The number of carboxylic acids is 1. The number of nitrogens with zero attached hydrogens (tertiary/aromatic N) is 1. The van der Waals surface area contributed by atoms with Crippen molar-refractivity contribution in [3.05, 3.63) is 34.9 Å². The van der Waals surface area contributed by atoms with Crippen LogP contribution in [-0.2, 0) is 4.79 Å². The van der Waals surface area contributed by atoms with Crippen LogP contribution in [0.5, 0.6) is 5.75 Å². The van der Waals surface area contributed by atoms with Crippen LogP contribution < -0.4 is 4.74 Å². The third-order valence-corrected chi connectivity index (χ3v) is 2.13. The fourth-order valence-corrected chi connectivity index (χ4v) is 1.23. The van der Waals surface area contributed by atoms with E-state index in [1.54, 1.807) is 31.4 Å². The Balaban J connectivity index is 3.16. The van der Waals surface area contributed by atoms with Gasteiger partial charge in [0.2, 0.25) is 0 Å². The molecule has 16 heavy (non-hydrogen) atoms. The second-order valence-corrected chi connectivity index (χ2v) is 3.20. The Labute approximate surface area is 93.4 Å². The summed E-state index contributed by atoms with van der Waals surface area (Å²) in [6, 6.07) is 6.85. The van der Waals surface area contributed by atoms with Gasteiger partial charge in [-0.1, -0.05) is 6.07 Å². The summed E-state index contributed by atoms with van der Waals surface area (Å²) < 4.78 is 5.03. The van der Waals surface area contributed by atoms with E-state index >= 15 is 0 Å². The molecule has 0 aliphatic heterocycles. The molecule has 0 bridgehead atoms. The Morgan fingerprint density at radius 1 is 1.56 bits per heavy atom. The molecule has 82 valence electrons. The van der Waals surface area contributed by atoms with Crippen molar-refractivity contribution >= 4 is 12.0 Å². The van der Waals surface area contributed by atoms with Gasteiger partial charge in [0, 0.05) is 0 Å². The lowest BCUT2D eigenvalue weighted by atomic mass is 10.1. The third kappa shape index (κ3) is 2.61. The van der Waals surface area contributed by atoms with Crippen molar-refractivity contribution in [2.45, 2.75) is 6.92 Å². The molecule has 1 aromatic carbocycles. The quantitative estimate of drug-likeness (QED) is 0.621. The lowest BCUT2D eigenvalue weighted by Crippen LogP contribution is -1.98. The second kappa shape index (κ2) is 4.99. The van der Waals surface area contributed by atoms with Crippen molar-refractivity contribution in [2.75, 3.05) is 7.11 Å². The minimum absolute atomic E-state index is 0.284. The van der Waals surface area contributed by atoms with Crippen LogP contribution in [-0.4, -0.2) is 18.2 Å². The summed E-state index contributed by atoms with van der Waals surface area (Å²) >= 11 is 0. The van der Waals surface area contributed by atoms with Crippen LogP contribution in [0.1, 0.15) is 11.1 Å². The van der Waals surface area contributed by atoms with Gasteiger partial charge in [0.05, 0.1) is 7.11 Å². The van der Waals surface area contributed by atoms with Gasteiger partial charge < -0.3 is 9.84 Å². The average Bonchev–Trinajstić information content (AvgIpc) is 2.26. The third-order valence-electron chi connectivity index (χ3n) is 2.13. The molecule has 0 fully saturated rings. The van der Waals surface area contributed by atoms with Crippen molar-refractivity contribution in [1.82, 2.24) is 0 Å². The lowest BCUT2D eigenvalue weighted by Gasteiger charge is -2.04. The summed E-state index contributed by atoms with van der Waals surface area (Å²) in [6.45, 7) is 1.82. The molecular formula is C12H11NO3. The Morgan fingerprint density at radius 2 is 2.25 bits per heavy atom. The Morgan fingerprint density at radius 3 is 2.69 bits per heavy atom. The van der Waals surface area contributed by atoms with Crippen LogP contribution in [0.15, 0.2) is 23.8 Å². The molecule has 4 heteroatoms. The number of nitriles is 1. The predicted octanol–water partition coefficient (Wildman–Crippen LogP) is 2.00. The van der Waals surface area contributed by atoms with Gasteiger partial charge in [-0.2, -0.15) is 5.26 Å². The molecule has 0 saturated carbocycles. The molecule has 0 aromatic heterocycles. The minimum Gasteiger partial charge on any atom is -0.497 e. The van der Waals surface area contributed by atoms with Gasteiger partial charge in [-0.15, -0.1) is 0 Å². The fraction of sp³-hybridized carbons (Fsp3) is 0.167. The summed E-state index contributed by atoms with van der Waals surface area (Å²) in [5.41, 5.74) is 1.27. The lowest BCUT2D eigenvalue weighted by molar-refractivity contribution is -0.132. The second-order valence-electron chi connectivity index (χ2n) is 3.20. The van der Waals surface area contributed by atoms with E-state index in [0.29, 0.717) is 11.3 Å². The molecule has 1 rings (SSSR count). The molecule has 0 amide bonds.